The molecule has 3 aromatic rings. The molecule has 0 aliphatic carbocycles. The largest absolute Gasteiger partial charge is 0.463 e. The lowest BCUT2D eigenvalue weighted by Crippen LogP contribution is -2.19. The topological polar surface area (TPSA) is 83.3 Å². The van der Waals surface area contributed by atoms with Gasteiger partial charge in [0.2, 0.25) is 0 Å². The molecular weight excluding hydrogens is 316 g/mol. The molecule has 2 N–H and O–H groups in total. The van der Waals surface area contributed by atoms with Crippen LogP contribution in [0.15, 0.2) is 58.2 Å². The van der Waals surface area contributed by atoms with Crippen molar-refractivity contribution < 1.29 is 9.21 Å². The molecule has 0 unspecified atom stereocenters. The van der Waals surface area contributed by atoms with Crippen molar-refractivity contribution in [2.45, 2.75) is 6.92 Å². The Morgan fingerprint density at radius 1 is 1.30 bits per heavy atom. The summed E-state index contributed by atoms with van der Waals surface area (Å²) in [6.07, 6.45) is 1.55. The zero-order chi connectivity index (χ0) is 16.2. The highest BCUT2D eigenvalue weighted by molar-refractivity contribution is 6.30. The Hall–Kier alpha value is -2.86. The number of H-pyrrole nitrogens is 1. The van der Waals surface area contributed by atoms with E-state index >= 15 is 0 Å². The molecule has 6 nitrogen and oxygen atoms in total. The maximum absolute atomic E-state index is 12.1. The van der Waals surface area contributed by atoms with E-state index in [4.69, 9.17) is 16.0 Å². The molecule has 0 atom stereocenters. The van der Waals surface area contributed by atoms with Crippen LogP contribution in [0.4, 0.5) is 0 Å². The van der Waals surface area contributed by atoms with Crippen molar-refractivity contribution in [2.24, 2.45) is 5.10 Å². The molecule has 0 saturated heterocycles. The number of halogens is 1. The Balaban J connectivity index is 1.71. The predicted octanol–water partition coefficient (Wildman–Crippen LogP) is 3.48. The molecule has 116 valence electrons. The quantitative estimate of drug-likeness (QED) is 0.568. The van der Waals surface area contributed by atoms with Gasteiger partial charge in [-0.1, -0.05) is 23.7 Å². The third-order valence-electron chi connectivity index (χ3n) is 3.17. The first-order valence-corrected chi connectivity index (χ1v) is 7.21. The molecule has 0 bridgehead atoms. The van der Waals surface area contributed by atoms with Gasteiger partial charge in [0.1, 0.15) is 17.2 Å². The minimum absolute atomic E-state index is 0.311. The Morgan fingerprint density at radius 3 is 2.78 bits per heavy atom. The van der Waals surface area contributed by atoms with Gasteiger partial charge in [0.25, 0.3) is 5.91 Å². The standard InChI is InChI=1S/C16H13ClN4O2/c1-10(15-3-2-8-23-15)18-21-16(22)14-9-13(19-20-14)11-4-6-12(17)7-5-11/h2-9H,1H3,(H,19,20)(H,21,22)/b18-10+. The molecule has 7 heteroatoms. The number of hydrogen-bond acceptors (Lipinski definition) is 4. The number of benzene rings is 1. The van der Waals surface area contributed by atoms with Crippen molar-refractivity contribution in [3.8, 4) is 11.3 Å². The fraction of sp³-hybridized carbons (Fsp3) is 0.0625. The summed E-state index contributed by atoms with van der Waals surface area (Å²) in [7, 11) is 0. The number of rotatable bonds is 4. The van der Waals surface area contributed by atoms with E-state index in [1.807, 2.05) is 12.1 Å². The molecule has 23 heavy (non-hydrogen) atoms. The number of nitrogens with zero attached hydrogens (tertiary/aromatic N) is 2. The second-order valence-electron chi connectivity index (χ2n) is 4.79. The van der Waals surface area contributed by atoms with Gasteiger partial charge in [-0.05, 0) is 37.3 Å². The van der Waals surface area contributed by atoms with Crippen LogP contribution in [0.25, 0.3) is 11.3 Å². The van der Waals surface area contributed by atoms with E-state index in [9.17, 15) is 4.79 Å². The summed E-state index contributed by atoms with van der Waals surface area (Å²) in [5.74, 6) is 0.209. The van der Waals surface area contributed by atoms with Crippen LogP contribution in [0.1, 0.15) is 23.2 Å². The van der Waals surface area contributed by atoms with Crippen molar-refractivity contribution in [1.29, 1.82) is 0 Å². The number of aromatic amines is 1. The number of amides is 1. The predicted molar refractivity (Wildman–Crippen MR) is 87.4 cm³/mol. The zero-order valence-corrected chi connectivity index (χ0v) is 13.0. The second-order valence-corrected chi connectivity index (χ2v) is 5.23. The van der Waals surface area contributed by atoms with Crippen molar-refractivity contribution in [1.82, 2.24) is 15.6 Å². The highest BCUT2D eigenvalue weighted by Crippen LogP contribution is 2.20. The van der Waals surface area contributed by atoms with Gasteiger partial charge < -0.3 is 4.42 Å². The Morgan fingerprint density at radius 2 is 2.09 bits per heavy atom. The smallest absolute Gasteiger partial charge is 0.289 e. The highest BCUT2D eigenvalue weighted by Gasteiger charge is 2.11. The lowest BCUT2D eigenvalue weighted by Gasteiger charge is -1.98. The number of aromatic nitrogens is 2. The summed E-state index contributed by atoms with van der Waals surface area (Å²) in [5, 5.41) is 11.4. The van der Waals surface area contributed by atoms with Gasteiger partial charge in [0.15, 0.2) is 0 Å². The van der Waals surface area contributed by atoms with Crippen LogP contribution in [0.5, 0.6) is 0 Å². The van der Waals surface area contributed by atoms with Crippen molar-refractivity contribution in [3.05, 3.63) is 65.2 Å². The maximum Gasteiger partial charge on any atom is 0.289 e. The lowest BCUT2D eigenvalue weighted by molar-refractivity contribution is 0.0950. The lowest BCUT2D eigenvalue weighted by atomic mass is 10.1. The number of hydrazone groups is 1. The van der Waals surface area contributed by atoms with Gasteiger partial charge in [-0.25, -0.2) is 5.43 Å². The minimum Gasteiger partial charge on any atom is -0.463 e. The van der Waals surface area contributed by atoms with E-state index in [1.165, 1.54) is 0 Å². The molecule has 3 rings (SSSR count). The highest BCUT2D eigenvalue weighted by atomic mass is 35.5. The van der Waals surface area contributed by atoms with Gasteiger partial charge in [0, 0.05) is 10.6 Å². The maximum atomic E-state index is 12.1. The molecule has 0 aliphatic rings. The SMILES string of the molecule is C/C(=N\NC(=O)c1cc(-c2ccc(Cl)cc2)n[nH]1)c1ccco1. The number of carbonyl (C=O) groups is 1. The fourth-order valence-corrected chi connectivity index (χ4v) is 2.07. The fourth-order valence-electron chi connectivity index (χ4n) is 1.94. The number of hydrogen-bond donors (Lipinski definition) is 2. The normalized spacial score (nSPS) is 11.5. The molecule has 2 heterocycles. The summed E-state index contributed by atoms with van der Waals surface area (Å²) >= 11 is 5.85. The summed E-state index contributed by atoms with van der Waals surface area (Å²) in [5.41, 5.74) is 4.85. The molecular formula is C16H13ClN4O2. The minimum atomic E-state index is -0.386. The van der Waals surface area contributed by atoms with E-state index in [2.05, 4.69) is 20.7 Å². The van der Waals surface area contributed by atoms with Crippen molar-refractivity contribution in [3.63, 3.8) is 0 Å². The molecule has 0 aliphatic heterocycles. The van der Waals surface area contributed by atoms with Crippen LogP contribution >= 0.6 is 11.6 Å². The van der Waals surface area contributed by atoms with Crippen molar-refractivity contribution in [2.75, 3.05) is 0 Å². The number of nitrogens with one attached hydrogen (secondary N) is 2. The molecule has 1 aromatic carbocycles. The molecule has 2 aromatic heterocycles. The van der Waals surface area contributed by atoms with Crippen LogP contribution in [-0.2, 0) is 0 Å². The number of furan rings is 1. The van der Waals surface area contributed by atoms with E-state index in [1.54, 1.807) is 43.5 Å². The summed E-state index contributed by atoms with van der Waals surface area (Å²) < 4.78 is 5.19. The first kappa shape index (κ1) is 15.1. The van der Waals surface area contributed by atoms with Crippen LogP contribution < -0.4 is 5.43 Å². The van der Waals surface area contributed by atoms with E-state index in [-0.39, 0.29) is 5.91 Å². The van der Waals surface area contributed by atoms with Crippen LogP contribution in [0, 0.1) is 0 Å². The van der Waals surface area contributed by atoms with E-state index in [0.29, 0.717) is 27.9 Å². The average Bonchev–Trinajstić information content (AvgIpc) is 3.24. The van der Waals surface area contributed by atoms with Crippen LogP contribution in [-0.4, -0.2) is 21.8 Å². The van der Waals surface area contributed by atoms with Crippen LogP contribution in [0.2, 0.25) is 5.02 Å². The Bertz CT molecular complexity index is 835. The first-order valence-electron chi connectivity index (χ1n) is 6.83. The average molecular weight is 329 g/mol. The van der Waals surface area contributed by atoms with E-state index in [0.717, 1.165) is 5.56 Å². The third-order valence-corrected chi connectivity index (χ3v) is 3.42. The molecule has 0 saturated carbocycles. The summed E-state index contributed by atoms with van der Waals surface area (Å²) in [6, 6.07) is 12.4. The zero-order valence-electron chi connectivity index (χ0n) is 12.2. The van der Waals surface area contributed by atoms with Gasteiger partial charge in [-0.2, -0.15) is 10.2 Å². The van der Waals surface area contributed by atoms with Gasteiger partial charge >= 0.3 is 0 Å². The van der Waals surface area contributed by atoms with Crippen molar-refractivity contribution >= 4 is 23.2 Å². The monoisotopic (exact) mass is 328 g/mol. The summed E-state index contributed by atoms with van der Waals surface area (Å²) in [4.78, 5) is 12.1. The molecule has 0 radical (unpaired) electrons. The number of carbonyl (C=O) groups excluding carboxylic acids is 1. The van der Waals surface area contributed by atoms with E-state index < -0.39 is 0 Å². The van der Waals surface area contributed by atoms with Gasteiger partial charge in [0.05, 0.1) is 12.0 Å². The summed E-state index contributed by atoms with van der Waals surface area (Å²) in [6.45, 7) is 1.74. The molecule has 0 spiro atoms. The molecule has 1 amide bonds. The molecule has 0 fully saturated rings. The second kappa shape index (κ2) is 6.50. The van der Waals surface area contributed by atoms with Gasteiger partial charge in [-0.15, -0.1) is 0 Å². The Kier molecular flexibility index (Phi) is 4.25. The Labute approximate surface area is 137 Å². The van der Waals surface area contributed by atoms with Gasteiger partial charge in [-0.3, -0.25) is 9.89 Å². The first-order chi connectivity index (χ1) is 11.1. The van der Waals surface area contributed by atoms with Crippen LogP contribution in [0.3, 0.4) is 0 Å². The third kappa shape index (κ3) is 3.49.